The van der Waals surface area contributed by atoms with E-state index in [1.54, 1.807) is 12.3 Å². The van der Waals surface area contributed by atoms with Crippen molar-refractivity contribution in [2.24, 2.45) is 5.73 Å². The highest BCUT2D eigenvalue weighted by atomic mass is 79.9. The highest BCUT2D eigenvalue weighted by Gasteiger charge is 2.10. The Bertz CT molecular complexity index is 685. The molecule has 21 heavy (non-hydrogen) atoms. The van der Waals surface area contributed by atoms with Gasteiger partial charge in [0.2, 0.25) is 5.91 Å². The van der Waals surface area contributed by atoms with Gasteiger partial charge in [-0.2, -0.15) is 0 Å². The molecule has 1 aromatic heterocycles. The van der Waals surface area contributed by atoms with E-state index in [2.05, 4.69) is 31.6 Å². The fraction of sp³-hybridized carbons (Fsp3) is 0.167. The third kappa shape index (κ3) is 4.10. The Labute approximate surface area is 128 Å². The number of carboxylic acids is 1. The molecule has 0 unspecified atom stereocenters. The Morgan fingerprint density at radius 1 is 1.38 bits per heavy atom. The summed E-state index contributed by atoms with van der Waals surface area (Å²) >= 11 is 3.19. The van der Waals surface area contributed by atoms with Crippen LogP contribution in [-0.4, -0.2) is 32.0 Å². The van der Waals surface area contributed by atoms with E-state index in [0.29, 0.717) is 15.9 Å². The van der Waals surface area contributed by atoms with E-state index >= 15 is 0 Å². The number of rotatable bonds is 5. The fourth-order valence-corrected chi connectivity index (χ4v) is 2.14. The van der Waals surface area contributed by atoms with Gasteiger partial charge in [-0.05, 0) is 18.2 Å². The molecule has 0 fully saturated rings. The Kier molecular flexibility index (Phi) is 4.66. The molecule has 1 amide bonds. The first-order valence-electron chi connectivity index (χ1n) is 5.90. The molecule has 2 rings (SSSR count). The highest BCUT2D eigenvalue weighted by molar-refractivity contribution is 9.10. The van der Waals surface area contributed by atoms with Gasteiger partial charge in [0.15, 0.2) is 0 Å². The largest absolute Gasteiger partial charge is 0.478 e. The smallest absolute Gasteiger partial charge is 0.335 e. The summed E-state index contributed by atoms with van der Waals surface area (Å²) in [6.45, 7) is 0.205. The van der Waals surface area contributed by atoms with E-state index in [1.807, 2.05) is 0 Å². The lowest BCUT2D eigenvalue weighted by Crippen LogP contribution is -2.19. The Morgan fingerprint density at radius 3 is 2.76 bits per heavy atom. The summed E-state index contributed by atoms with van der Waals surface area (Å²) in [4.78, 5) is 22.8. The van der Waals surface area contributed by atoms with Crippen LogP contribution in [0.1, 0.15) is 16.1 Å². The van der Waals surface area contributed by atoms with Gasteiger partial charge in [-0.15, -0.1) is 5.10 Å². The molecule has 0 radical (unpaired) electrons. The standard InChI is InChI=1S/C12H12BrN5O3/c13-8-1-7(12(20)21)2-9(3-8)15-11(19)6-18-5-10(4-14)16-17-18/h1-3,5H,4,6,14H2,(H,15,19)(H,20,21). The van der Waals surface area contributed by atoms with Crippen LogP contribution in [0.25, 0.3) is 0 Å². The molecule has 0 saturated heterocycles. The number of nitrogens with one attached hydrogen (secondary N) is 1. The minimum atomic E-state index is -1.07. The summed E-state index contributed by atoms with van der Waals surface area (Å²) < 4.78 is 1.91. The first-order valence-corrected chi connectivity index (χ1v) is 6.70. The molecule has 2 aromatic rings. The number of carbonyl (C=O) groups excluding carboxylic acids is 1. The zero-order chi connectivity index (χ0) is 15.4. The van der Waals surface area contributed by atoms with Crippen molar-refractivity contribution in [1.29, 1.82) is 0 Å². The molecule has 0 aliphatic heterocycles. The van der Waals surface area contributed by atoms with Crippen LogP contribution in [0.5, 0.6) is 0 Å². The van der Waals surface area contributed by atoms with Gasteiger partial charge >= 0.3 is 5.97 Å². The molecular weight excluding hydrogens is 342 g/mol. The second-order valence-corrected chi connectivity index (χ2v) is 5.11. The number of hydrogen-bond acceptors (Lipinski definition) is 5. The molecule has 1 aromatic carbocycles. The number of benzene rings is 1. The second kappa shape index (κ2) is 6.46. The number of nitrogens with two attached hydrogens (primary N) is 1. The van der Waals surface area contributed by atoms with Gasteiger partial charge in [-0.1, -0.05) is 21.1 Å². The predicted octanol–water partition coefficient (Wildman–Crippen LogP) is 0.836. The molecule has 9 heteroatoms. The Hall–Kier alpha value is -2.26. The minimum Gasteiger partial charge on any atom is -0.478 e. The first-order chi connectivity index (χ1) is 9.97. The first kappa shape index (κ1) is 15.1. The maximum atomic E-state index is 11.9. The molecule has 0 saturated carbocycles. The fourth-order valence-electron chi connectivity index (χ4n) is 1.64. The third-order valence-electron chi connectivity index (χ3n) is 2.53. The van der Waals surface area contributed by atoms with E-state index in [-0.39, 0.29) is 24.6 Å². The lowest BCUT2D eigenvalue weighted by Gasteiger charge is -2.07. The summed E-state index contributed by atoms with van der Waals surface area (Å²) in [5.41, 5.74) is 6.44. The van der Waals surface area contributed by atoms with E-state index in [0.717, 1.165) is 0 Å². The lowest BCUT2D eigenvalue weighted by molar-refractivity contribution is -0.116. The van der Waals surface area contributed by atoms with Crippen molar-refractivity contribution >= 4 is 33.5 Å². The van der Waals surface area contributed by atoms with Gasteiger partial charge in [0.25, 0.3) is 0 Å². The Balaban J connectivity index is 2.07. The molecule has 0 bridgehead atoms. The summed E-state index contributed by atoms with van der Waals surface area (Å²) in [7, 11) is 0. The van der Waals surface area contributed by atoms with Crippen LogP contribution >= 0.6 is 15.9 Å². The molecular formula is C12H12BrN5O3. The average Bonchev–Trinajstić information content (AvgIpc) is 2.85. The summed E-state index contributed by atoms with van der Waals surface area (Å²) in [5.74, 6) is -1.42. The van der Waals surface area contributed by atoms with Crippen molar-refractivity contribution in [3.63, 3.8) is 0 Å². The quantitative estimate of drug-likeness (QED) is 0.731. The molecule has 0 atom stereocenters. The van der Waals surface area contributed by atoms with E-state index in [9.17, 15) is 9.59 Å². The number of aromatic carboxylic acids is 1. The van der Waals surface area contributed by atoms with E-state index in [1.165, 1.54) is 16.8 Å². The molecule has 0 aliphatic rings. The monoisotopic (exact) mass is 353 g/mol. The van der Waals surface area contributed by atoms with Gasteiger partial charge in [0, 0.05) is 16.7 Å². The van der Waals surface area contributed by atoms with Gasteiger partial charge in [-0.3, -0.25) is 4.79 Å². The van der Waals surface area contributed by atoms with Gasteiger partial charge in [-0.25, -0.2) is 9.48 Å². The third-order valence-corrected chi connectivity index (χ3v) is 2.99. The summed E-state index contributed by atoms with van der Waals surface area (Å²) in [6.07, 6.45) is 1.57. The maximum absolute atomic E-state index is 11.9. The van der Waals surface area contributed by atoms with Crippen LogP contribution < -0.4 is 11.1 Å². The van der Waals surface area contributed by atoms with Gasteiger partial charge < -0.3 is 16.2 Å². The number of aromatic nitrogens is 3. The van der Waals surface area contributed by atoms with Crippen molar-refractivity contribution in [2.45, 2.75) is 13.1 Å². The number of carboxylic acid groups (broad SMARTS) is 1. The molecule has 0 aliphatic carbocycles. The van der Waals surface area contributed by atoms with Crippen LogP contribution in [0, 0.1) is 0 Å². The maximum Gasteiger partial charge on any atom is 0.335 e. The zero-order valence-corrected chi connectivity index (χ0v) is 12.4. The zero-order valence-electron chi connectivity index (χ0n) is 10.8. The summed E-state index contributed by atoms with van der Waals surface area (Å²) in [6, 6.07) is 4.43. The van der Waals surface area contributed by atoms with Crippen LogP contribution in [0.2, 0.25) is 0 Å². The van der Waals surface area contributed by atoms with E-state index in [4.69, 9.17) is 10.8 Å². The van der Waals surface area contributed by atoms with Gasteiger partial charge in [0.1, 0.15) is 6.54 Å². The molecule has 1 heterocycles. The van der Waals surface area contributed by atoms with Crippen LogP contribution in [0.4, 0.5) is 5.69 Å². The number of anilines is 1. The number of halogens is 1. The van der Waals surface area contributed by atoms with Crippen LogP contribution in [-0.2, 0) is 17.9 Å². The van der Waals surface area contributed by atoms with Crippen LogP contribution in [0.3, 0.4) is 0 Å². The highest BCUT2D eigenvalue weighted by Crippen LogP contribution is 2.19. The normalized spacial score (nSPS) is 10.4. The molecule has 110 valence electrons. The second-order valence-electron chi connectivity index (χ2n) is 4.19. The number of amides is 1. The van der Waals surface area contributed by atoms with Crippen molar-refractivity contribution in [3.8, 4) is 0 Å². The molecule has 0 spiro atoms. The Morgan fingerprint density at radius 2 is 2.14 bits per heavy atom. The predicted molar refractivity (Wildman–Crippen MR) is 77.6 cm³/mol. The number of hydrogen-bond donors (Lipinski definition) is 3. The van der Waals surface area contributed by atoms with Crippen molar-refractivity contribution in [2.75, 3.05) is 5.32 Å². The van der Waals surface area contributed by atoms with Crippen LogP contribution in [0.15, 0.2) is 28.9 Å². The van der Waals surface area contributed by atoms with Crippen molar-refractivity contribution in [1.82, 2.24) is 15.0 Å². The molecule has 8 nitrogen and oxygen atoms in total. The van der Waals surface area contributed by atoms with E-state index < -0.39 is 5.97 Å². The van der Waals surface area contributed by atoms with Gasteiger partial charge in [0.05, 0.1) is 17.5 Å². The van der Waals surface area contributed by atoms with Crippen molar-refractivity contribution < 1.29 is 14.7 Å². The number of nitrogens with zero attached hydrogens (tertiary/aromatic N) is 3. The topological polar surface area (TPSA) is 123 Å². The summed E-state index contributed by atoms with van der Waals surface area (Å²) in [5, 5.41) is 19.1. The van der Waals surface area contributed by atoms with Crippen molar-refractivity contribution in [3.05, 3.63) is 40.1 Å². The SMILES string of the molecule is NCc1cn(CC(=O)Nc2cc(Br)cc(C(=O)O)c2)nn1. The molecule has 4 N–H and O–H groups in total. The average molecular weight is 354 g/mol. The minimum absolute atomic E-state index is 0.0398. The lowest BCUT2D eigenvalue weighted by atomic mass is 10.2. The number of carbonyl (C=O) groups is 2.